The fourth-order valence-electron chi connectivity index (χ4n) is 7.63. The molecule has 2 aromatic rings. The van der Waals surface area contributed by atoms with Crippen molar-refractivity contribution < 1.29 is 23.6 Å². The Labute approximate surface area is 269 Å². The smallest absolute Gasteiger partial charge is 0.270 e. The number of rotatable bonds is 13. The lowest BCUT2D eigenvalue weighted by molar-refractivity contribution is -0.160. The first-order valence-corrected chi connectivity index (χ1v) is 16.7. The molecule has 1 spiro atoms. The number of carbonyl (C=O) groups excluding carboxylic acids is 4. The van der Waals surface area contributed by atoms with Crippen molar-refractivity contribution in [1.29, 1.82) is 0 Å². The molecule has 2 aliphatic heterocycles. The molecular weight excluding hydrogens is 589 g/mol. The number of nitrogens with one attached hydrogen (secondary N) is 3. The molecule has 3 atom stereocenters. The van der Waals surface area contributed by atoms with Crippen molar-refractivity contribution in [3.05, 3.63) is 47.5 Å². The quantitative estimate of drug-likeness (QED) is 0.311. The van der Waals surface area contributed by atoms with Gasteiger partial charge in [0.25, 0.3) is 5.91 Å². The molecule has 4 aliphatic rings. The number of hydrogen-bond donors (Lipinski definition) is 3. The molecule has 3 heterocycles. The van der Waals surface area contributed by atoms with E-state index in [1.807, 2.05) is 6.92 Å². The third-order valence-corrected chi connectivity index (χ3v) is 10.3. The summed E-state index contributed by atoms with van der Waals surface area (Å²) in [4.78, 5) is 57.1. The third kappa shape index (κ3) is 6.54. The Morgan fingerprint density at radius 2 is 1.65 bits per heavy atom. The Morgan fingerprint density at radius 1 is 0.978 bits per heavy atom. The van der Waals surface area contributed by atoms with Crippen LogP contribution in [0.1, 0.15) is 74.8 Å². The van der Waals surface area contributed by atoms with Crippen LogP contribution in [0.3, 0.4) is 0 Å². The Kier molecular flexibility index (Phi) is 8.93. The number of nitrogens with zero attached hydrogens (tertiary/aromatic N) is 4. The summed E-state index contributed by atoms with van der Waals surface area (Å²) < 4.78 is 17.3. The van der Waals surface area contributed by atoms with Gasteiger partial charge in [0.15, 0.2) is 0 Å². The molecule has 46 heavy (non-hydrogen) atoms. The highest BCUT2D eigenvalue weighted by Crippen LogP contribution is 2.51. The minimum Gasteiger partial charge on any atom is -0.344 e. The maximum absolute atomic E-state index is 15.7. The van der Waals surface area contributed by atoms with Crippen molar-refractivity contribution in [2.75, 3.05) is 38.5 Å². The highest BCUT2D eigenvalue weighted by molar-refractivity contribution is 6.01. The van der Waals surface area contributed by atoms with Crippen molar-refractivity contribution in [3.8, 4) is 0 Å². The predicted octanol–water partition coefficient (Wildman–Crippen LogP) is 2.99. The Morgan fingerprint density at radius 3 is 2.22 bits per heavy atom. The van der Waals surface area contributed by atoms with E-state index >= 15 is 4.39 Å². The summed E-state index contributed by atoms with van der Waals surface area (Å²) >= 11 is 0. The van der Waals surface area contributed by atoms with Crippen LogP contribution >= 0.6 is 0 Å². The molecule has 3 N–H and O–H groups in total. The van der Waals surface area contributed by atoms with E-state index in [1.165, 1.54) is 12.1 Å². The number of likely N-dealkylation sites (tertiary alicyclic amines) is 2. The van der Waals surface area contributed by atoms with Crippen LogP contribution in [0.2, 0.25) is 0 Å². The molecule has 4 amide bonds. The van der Waals surface area contributed by atoms with Gasteiger partial charge in [-0.3, -0.25) is 23.9 Å². The molecule has 2 saturated heterocycles. The van der Waals surface area contributed by atoms with Gasteiger partial charge in [0.1, 0.15) is 23.6 Å². The van der Waals surface area contributed by atoms with Gasteiger partial charge in [0, 0.05) is 56.7 Å². The van der Waals surface area contributed by atoms with Crippen molar-refractivity contribution in [2.24, 2.45) is 23.2 Å². The number of hydrogen-bond acceptors (Lipinski definition) is 6. The van der Waals surface area contributed by atoms with E-state index in [0.29, 0.717) is 42.7 Å². The monoisotopic (exact) mass is 635 g/mol. The van der Waals surface area contributed by atoms with Crippen LogP contribution in [-0.2, 0) is 20.9 Å². The predicted molar refractivity (Wildman–Crippen MR) is 170 cm³/mol. The zero-order valence-corrected chi connectivity index (χ0v) is 27.2. The molecule has 0 bridgehead atoms. The zero-order chi connectivity index (χ0) is 32.7. The van der Waals surface area contributed by atoms with Gasteiger partial charge >= 0.3 is 0 Å². The average Bonchev–Trinajstić information content (AvgIpc) is 3.95. The van der Waals surface area contributed by atoms with Crippen LogP contribution < -0.4 is 16.0 Å². The highest BCUT2D eigenvalue weighted by Gasteiger charge is 2.53. The summed E-state index contributed by atoms with van der Waals surface area (Å²) in [6, 6.07) is 4.49. The minimum absolute atomic E-state index is 0.00315. The van der Waals surface area contributed by atoms with Gasteiger partial charge in [-0.1, -0.05) is 19.9 Å². The van der Waals surface area contributed by atoms with Gasteiger partial charge in [0.2, 0.25) is 17.7 Å². The second-order valence-electron chi connectivity index (χ2n) is 14.0. The molecule has 6 rings (SSSR count). The van der Waals surface area contributed by atoms with Crippen LogP contribution in [-0.4, -0.2) is 88.5 Å². The normalized spacial score (nSPS) is 20.8. The summed E-state index contributed by atoms with van der Waals surface area (Å²) in [7, 11) is 2.06. The molecule has 4 fully saturated rings. The van der Waals surface area contributed by atoms with Gasteiger partial charge < -0.3 is 25.8 Å². The van der Waals surface area contributed by atoms with E-state index in [0.717, 1.165) is 38.8 Å². The summed E-state index contributed by atoms with van der Waals surface area (Å²) in [5, 5.41) is 12.8. The van der Waals surface area contributed by atoms with Crippen LogP contribution in [0.15, 0.2) is 30.5 Å². The van der Waals surface area contributed by atoms with Crippen LogP contribution in [0.4, 0.5) is 10.1 Å². The van der Waals surface area contributed by atoms with E-state index in [4.69, 9.17) is 0 Å². The maximum Gasteiger partial charge on any atom is 0.270 e. The Hall–Kier alpha value is -3.80. The molecule has 0 unspecified atom stereocenters. The number of anilines is 1. The average molecular weight is 636 g/mol. The fourth-order valence-corrected chi connectivity index (χ4v) is 7.63. The van der Waals surface area contributed by atoms with Crippen molar-refractivity contribution in [3.63, 3.8) is 0 Å². The summed E-state index contributed by atoms with van der Waals surface area (Å²) in [6.07, 6.45) is 5.84. The lowest BCUT2D eigenvalue weighted by Gasteiger charge is -2.60. The first kappa shape index (κ1) is 32.2. The number of aromatic nitrogens is 2. The number of halogens is 1. The summed E-state index contributed by atoms with van der Waals surface area (Å²) in [5.41, 5.74) is 1.06. The molecule has 1 aromatic heterocycles. The number of amides is 4. The fraction of sp³-hybridized carbons (Fsp3) is 0.618. The molecule has 11 nitrogen and oxygen atoms in total. The summed E-state index contributed by atoms with van der Waals surface area (Å²) in [6.45, 7) is 9.15. The van der Waals surface area contributed by atoms with Gasteiger partial charge in [0.05, 0.1) is 5.69 Å². The number of aryl methyl sites for hydroxylation is 1. The van der Waals surface area contributed by atoms with Gasteiger partial charge in [-0.05, 0) is 81.2 Å². The van der Waals surface area contributed by atoms with Gasteiger partial charge in [-0.15, -0.1) is 0 Å². The molecule has 2 aliphatic carbocycles. The lowest BCUT2D eigenvalue weighted by atomic mass is 9.72. The van der Waals surface area contributed by atoms with E-state index in [9.17, 15) is 19.2 Å². The highest BCUT2D eigenvalue weighted by atomic mass is 19.1. The summed E-state index contributed by atoms with van der Waals surface area (Å²) in [5.74, 6) is -1.69. The molecule has 2 saturated carbocycles. The molecule has 248 valence electrons. The van der Waals surface area contributed by atoms with Crippen molar-refractivity contribution in [1.82, 2.24) is 30.2 Å². The molecule has 1 aromatic carbocycles. The largest absolute Gasteiger partial charge is 0.344 e. The number of benzene rings is 1. The maximum atomic E-state index is 15.7. The van der Waals surface area contributed by atoms with Crippen LogP contribution in [0, 0.1) is 29.0 Å². The standard InChI is InChI=1S/C34H46FN7O4/c1-5-27(43)38-29(33(46)41-18-34(19-41)16-40(4)17-34)20(3)23-11-12-25(24(35)15-23)37-32(45)30(28(21-7-8-21)22-9-10-22)39-31(44)26-13-14-36-42(26)6-2/h11-15,20-22,28-30H,5-10,16-19H2,1-4H3,(H,37,45)(H,38,43)(H,39,44)/t20-,29+,30-/m0/s1. The zero-order valence-electron chi connectivity index (χ0n) is 27.2. The van der Waals surface area contributed by atoms with Gasteiger partial charge in [-0.25, -0.2) is 4.39 Å². The van der Waals surface area contributed by atoms with E-state index in [2.05, 4.69) is 33.0 Å². The third-order valence-electron chi connectivity index (χ3n) is 10.3. The van der Waals surface area contributed by atoms with E-state index in [1.54, 1.807) is 41.8 Å². The van der Waals surface area contributed by atoms with E-state index < -0.39 is 29.7 Å². The first-order valence-electron chi connectivity index (χ1n) is 16.7. The van der Waals surface area contributed by atoms with Gasteiger partial charge in [-0.2, -0.15) is 5.10 Å². The molecular formula is C34H46FN7O4. The van der Waals surface area contributed by atoms with Crippen molar-refractivity contribution in [2.45, 2.75) is 77.4 Å². The SMILES string of the molecule is CCC(=O)N[C@@H](C(=O)N1CC2(CN(C)C2)C1)[C@@H](C)c1ccc(NC(=O)[C@@H](NC(=O)c2ccnn2CC)C(C2CC2)C2CC2)c(F)c1. The van der Waals surface area contributed by atoms with Crippen LogP contribution in [0.25, 0.3) is 0 Å². The molecule has 0 radical (unpaired) electrons. The minimum atomic E-state index is -0.837. The second kappa shape index (κ2) is 12.8. The lowest BCUT2D eigenvalue weighted by Crippen LogP contribution is -2.73. The second-order valence-corrected chi connectivity index (χ2v) is 14.0. The first-order chi connectivity index (χ1) is 22.0. The molecule has 12 heteroatoms. The van der Waals surface area contributed by atoms with E-state index in [-0.39, 0.29) is 41.2 Å². The Bertz CT molecular complexity index is 1480. The Balaban J connectivity index is 1.17. The number of carbonyl (C=O) groups is 4. The van der Waals surface area contributed by atoms with Crippen LogP contribution in [0.5, 0.6) is 0 Å². The topological polar surface area (TPSA) is 129 Å². The van der Waals surface area contributed by atoms with Crippen molar-refractivity contribution >= 4 is 29.3 Å².